The monoisotopic (exact) mass is 395 g/mol. The first-order valence-electron chi connectivity index (χ1n) is 8.36. The number of hydrogen-bond acceptors (Lipinski definition) is 3. The first-order chi connectivity index (χ1) is 13.2. The second-order valence-corrected chi connectivity index (χ2v) is 6.03. The maximum atomic E-state index is 12.0. The Hall–Kier alpha value is -3.07. The highest BCUT2D eigenvalue weighted by molar-refractivity contribution is 5.92. The van der Waals surface area contributed by atoms with Crippen molar-refractivity contribution in [1.82, 2.24) is 10.6 Å². The zero-order valence-electron chi connectivity index (χ0n) is 14.9. The van der Waals surface area contributed by atoms with Crippen molar-refractivity contribution in [3.63, 3.8) is 0 Å². The molecule has 0 aromatic heterocycles. The first-order valence-corrected chi connectivity index (χ1v) is 8.36. The molecule has 0 saturated carbocycles. The van der Waals surface area contributed by atoms with Gasteiger partial charge in [-0.2, -0.15) is 13.2 Å². The molecule has 0 fully saturated rings. The zero-order valence-corrected chi connectivity index (χ0v) is 14.9. The summed E-state index contributed by atoms with van der Waals surface area (Å²) in [6.45, 7) is -0.962. The molecule has 0 bridgehead atoms. The van der Waals surface area contributed by atoms with Crippen molar-refractivity contribution in [3.8, 4) is 0 Å². The lowest BCUT2D eigenvalue weighted by Gasteiger charge is -2.10. The van der Waals surface area contributed by atoms with Crippen molar-refractivity contribution in [2.24, 2.45) is 5.73 Å². The molecular weight excluding hydrogens is 375 g/mol. The molecule has 28 heavy (non-hydrogen) atoms. The molecule has 0 radical (unpaired) electrons. The smallest absolute Gasteiger partial charge is 0.367 e. The van der Waals surface area contributed by atoms with Gasteiger partial charge >= 0.3 is 12.2 Å². The van der Waals surface area contributed by atoms with Crippen molar-refractivity contribution in [2.45, 2.75) is 25.9 Å². The highest BCUT2D eigenvalue weighted by Gasteiger charge is 2.27. The predicted molar refractivity (Wildman–Crippen MR) is 96.2 cm³/mol. The first kappa shape index (κ1) is 21.2. The highest BCUT2D eigenvalue weighted by atomic mass is 19.4. The van der Waals surface area contributed by atoms with Gasteiger partial charge in [-0.05, 0) is 28.8 Å². The lowest BCUT2D eigenvalue weighted by molar-refractivity contribution is -0.176. The minimum Gasteiger partial charge on any atom is -0.367 e. The molecule has 6 nitrogen and oxygen atoms in total. The van der Waals surface area contributed by atoms with E-state index in [1.54, 1.807) is 48.5 Å². The second-order valence-electron chi connectivity index (χ2n) is 6.03. The van der Waals surface area contributed by atoms with Crippen molar-refractivity contribution in [2.75, 3.05) is 6.61 Å². The molecule has 2 rings (SSSR count). The fourth-order valence-electron chi connectivity index (χ4n) is 2.30. The highest BCUT2D eigenvalue weighted by Crippen LogP contribution is 2.15. The number of rotatable bonds is 8. The van der Waals surface area contributed by atoms with E-state index < -0.39 is 24.7 Å². The molecule has 2 aromatic carbocycles. The Kier molecular flexibility index (Phi) is 7.39. The van der Waals surface area contributed by atoms with Gasteiger partial charge in [-0.1, -0.05) is 36.4 Å². The fourth-order valence-corrected chi connectivity index (χ4v) is 2.30. The number of ether oxygens (including phenoxy) is 1. The average Bonchev–Trinajstić information content (AvgIpc) is 2.65. The van der Waals surface area contributed by atoms with E-state index in [4.69, 9.17) is 5.73 Å². The Labute approximate surface area is 159 Å². The summed E-state index contributed by atoms with van der Waals surface area (Å²) in [5.74, 6) is -0.543. The minimum absolute atomic E-state index is 0.141. The topological polar surface area (TPSA) is 93.5 Å². The molecule has 0 saturated heterocycles. The van der Waals surface area contributed by atoms with Crippen LogP contribution in [0.2, 0.25) is 0 Å². The van der Waals surface area contributed by atoms with Gasteiger partial charge in [0.15, 0.2) is 0 Å². The third-order valence-corrected chi connectivity index (χ3v) is 3.68. The number of primary amides is 1. The molecule has 150 valence electrons. The van der Waals surface area contributed by atoms with Crippen LogP contribution in [0, 0.1) is 0 Å². The molecule has 0 spiro atoms. The lowest BCUT2D eigenvalue weighted by atomic mass is 10.1. The van der Waals surface area contributed by atoms with Crippen LogP contribution in [0.3, 0.4) is 0 Å². The number of nitrogens with one attached hydrogen (secondary N) is 2. The number of benzene rings is 2. The van der Waals surface area contributed by atoms with Gasteiger partial charge in [0.1, 0.15) is 6.61 Å². The van der Waals surface area contributed by atoms with Gasteiger partial charge in [0.25, 0.3) is 0 Å². The van der Waals surface area contributed by atoms with Gasteiger partial charge in [-0.3, -0.25) is 4.79 Å². The summed E-state index contributed by atoms with van der Waals surface area (Å²) >= 11 is 0. The summed E-state index contributed by atoms with van der Waals surface area (Å²) in [6, 6.07) is 12.9. The van der Waals surface area contributed by atoms with E-state index >= 15 is 0 Å². The maximum Gasteiger partial charge on any atom is 0.411 e. The van der Waals surface area contributed by atoms with Gasteiger partial charge in [0, 0.05) is 18.7 Å². The number of carbonyl (C=O) groups excluding carboxylic acids is 2. The Morgan fingerprint density at radius 2 is 1.54 bits per heavy atom. The number of hydrogen-bond donors (Lipinski definition) is 3. The molecule has 0 aliphatic heterocycles. The molecule has 9 heteroatoms. The maximum absolute atomic E-state index is 12.0. The third-order valence-electron chi connectivity index (χ3n) is 3.68. The van der Waals surface area contributed by atoms with Crippen molar-refractivity contribution in [1.29, 1.82) is 0 Å². The van der Waals surface area contributed by atoms with Crippen LogP contribution in [0.1, 0.15) is 27.0 Å². The molecule has 0 unspecified atom stereocenters. The van der Waals surface area contributed by atoms with Crippen LogP contribution in [0.4, 0.5) is 18.0 Å². The summed E-state index contributed by atoms with van der Waals surface area (Å²) in [5.41, 5.74) is 7.69. The molecule has 3 amide bonds. The Morgan fingerprint density at radius 1 is 0.929 bits per heavy atom. The van der Waals surface area contributed by atoms with Gasteiger partial charge in [-0.25, -0.2) is 4.79 Å². The summed E-state index contributed by atoms with van der Waals surface area (Å²) < 4.78 is 40.7. The summed E-state index contributed by atoms with van der Waals surface area (Å²) in [6.07, 6.45) is -4.35. The molecule has 0 heterocycles. The van der Waals surface area contributed by atoms with Crippen LogP contribution in [0.25, 0.3) is 0 Å². The van der Waals surface area contributed by atoms with E-state index in [0.717, 1.165) is 11.1 Å². The van der Waals surface area contributed by atoms with Gasteiger partial charge in [-0.15, -0.1) is 0 Å². The normalized spacial score (nSPS) is 11.1. The number of urea groups is 1. The molecule has 0 aliphatic carbocycles. The number of halogens is 3. The quantitative estimate of drug-likeness (QED) is 0.642. The van der Waals surface area contributed by atoms with Crippen LogP contribution in [0.15, 0.2) is 48.5 Å². The fraction of sp³-hybridized carbons (Fsp3) is 0.263. The van der Waals surface area contributed by atoms with Gasteiger partial charge < -0.3 is 21.1 Å². The zero-order chi connectivity index (χ0) is 20.6. The van der Waals surface area contributed by atoms with Crippen LogP contribution in [-0.2, 0) is 24.4 Å². The largest absolute Gasteiger partial charge is 0.411 e. The Bertz CT molecular complexity index is 808. The predicted octanol–water partition coefficient (Wildman–Crippen LogP) is 2.86. The SMILES string of the molecule is NC(=O)c1cccc(CNC(=O)NCc2ccc(COCC(F)(F)F)cc2)c1. The summed E-state index contributed by atoms with van der Waals surface area (Å²) in [5, 5.41) is 5.33. The molecule has 2 aromatic rings. The molecule has 0 aliphatic rings. The van der Waals surface area contributed by atoms with Crippen molar-refractivity contribution >= 4 is 11.9 Å². The number of nitrogens with two attached hydrogens (primary N) is 1. The molecule has 0 atom stereocenters. The third kappa shape index (κ3) is 7.67. The number of amides is 3. The van der Waals surface area contributed by atoms with Crippen molar-refractivity contribution < 1.29 is 27.5 Å². The number of carbonyl (C=O) groups is 2. The van der Waals surface area contributed by atoms with Gasteiger partial charge in [0.2, 0.25) is 5.91 Å². The average molecular weight is 395 g/mol. The standard InChI is InChI=1S/C19H20F3N3O3/c20-19(21,22)12-28-11-14-6-4-13(5-7-14)9-24-18(27)25-10-15-2-1-3-16(8-15)17(23)26/h1-8H,9-12H2,(H2,23,26)(H2,24,25,27). The van der Waals surface area contributed by atoms with E-state index in [-0.39, 0.29) is 19.7 Å². The van der Waals surface area contributed by atoms with E-state index in [9.17, 15) is 22.8 Å². The number of alkyl halides is 3. The second kappa shape index (κ2) is 9.75. The Morgan fingerprint density at radius 3 is 2.14 bits per heavy atom. The van der Waals surface area contributed by atoms with Crippen LogP contribution in [-0.4, -0.2) is 24.7 Å². The van der Waals surface area contributed by atoms with E-state index in [0.29, 0.717) is 11.1 Å². The van der Waals surface area contributed by atoms with Gasteiger partial charge in [0.05, 0.1) is 6.61 Å². The minimum atomic E-state index is -4.35. The lowest BCUT2D eigenvalue weighted by Crippen LogP contribution is -2.34. The molecular formula is C19H20F3N3O3. The molecule has 4 N–H and O–H groups in total. The van der Waals surface area contributed by atoms with E-state index in [1.807, 2.05) is 0 Å². The van der Waals surface area contributed by atoms with Crippen LogP contribution in [0.5, 0.6) is 0 Å². The summed E-state index contributed by atoms with van der Waals surface area (Å²) in [7, 11) is 0. The van der Waals surface area contributed by atoms with Crippen molar-refractivity contribution in [3.05, 3.63) is 70.8 Å². The van der Waals surface area contributed by atoms with E-state index in [2.05, 4.69) is 15.4 Å². The summed E-state index contributed by atoms with van der Waals surface area (Å²) in [4.78, 5) is 23.0. The van der Waals surface area contributed by atoms with E-state index in [1.165, 1.54) is 0 Å². The van der Waals surface area contributed by atoms with Crippen LogP contribution < -0.4 is 16.4 Å². The Balaban J connectivity index is 1.73. The van der Waals surface area contributed by atoms with Crippen LogP contribution >= 0.6 is 0 Å².